The summed E-state index contributed by atoms with van der Waals surface area (Å²) in [7, 11) is 1.68. The Morgan fingerprint density at radius 1 is 1.20 bits per heavy atom. The van der Waals surface area contributed by atoms with Gasteiger partial charge in [-0.3, -0.25) is 4.79 Å². The van der Waals surface area contributed by atoms with Crippen LogP contribution in [-0.4, -0.2) is 57.1 Å². The lowest BCUT2D eigenvalue weighted by molar-refractivity contribution is -0.131. The maximum absolute atomic E-state index is 13.1. The van der Waals surface area contributed by atoms with Crippen molar-refractivity contribution in [3.05, 3.63) is 34.9 Å². The Morgan fingerprint density at radius 3 is 2.60 bits per heavy atom. The van der Waals surface area contributed by atoms with E-state index in [0.29, 0.717) is 12.2 Å². The molecule has 0 unspecified atom stereocenters. The van der Waals surface area contributed by atoms with Gasteiger partial charge in [0.2, 0.25) is 0 Å². The highest BCUT2D eigenvalue weighted by atomic mass is 16.2. The first-order valence-corrected chi connectivity index (χ1v) is 10.7. The van der Waals surface area contributed by atoms with Gasteiger partial charge in [-0.1, -0.05) is 0 Å². The Balaban J connectivity index is 1.67. The number of hydrazine groups is 1. The third-order valence-electron chi connectivity index (χ3n) is 6.28. The van der Waals surface area contributed by atoms with Crippen molar-refractivity contribution in [1.29, 1.82) is 0 Å². The van der Waals surface area contributed by atoms with Gasteiger partial charge in [0.1, 0.15) is 11.5 Å². The van der Waals surface area contributed by atoms with Crippen molar-refractivity contribution in [3.8, 4) is 0 Å². The van der Waals surface area contributed by atoms with Crippen LogP contribution in [-0.2, 0) is 4.79 Å². The number of allylic oxidation sites excluding steroid dienone is 1. The third-order valence-corrected chi connectivity index (χ3v) is 6.28. The van der Waals surface area contributed by atoms with Crippen LogP contribution in [0.15, 0.2) is 23.7 Å². The van der Waals surface area contributed by atoms with Crippen LogP contribution < -0.4 is 16.5 Å². The Kier molecular flexibility index (Phi) is 5.55. The Bertz CT molecular complexity index is 973. The van der Waals surface area contributed by atoms with E-state index < -0.39 is 0 Å². The van der Waals surface area contributed by atoms with Crippen molar-refractivity contribution in [2.24, 2.45) is 11.6 Å². The number of carbonyl (C=O) groups excluding carboxylic acids is 1. The van der Waals surface area contributed by atoms with Gasteiger partial charge in [-0.15, -0.1) is 0 Å². The number of rotatable bonds is 4. The van der Waals surface area contributed by atoms with E-state index in [1.165, 1.54) is 17.9 Å². The zero-order chi connectivity index (χ0) is 21.4. The zero-order valence-corrected chi connectivity index (χ0v) is 18.1. The zero-order valence-electron chi connectivity index (χ0n) is 18.1. The minimum absolute atomic E-state index is 0.113. The number of likely N-dealkylation sites (tertiary alicyclic amines) is 1. The highest BCUT2D eigenvalue weighted by Gasteiger charge is 2.32. The molecule has 0 radical (unpaired) electrons. The van der Waals surface area contributed by atoms with Crippen LogP contribution in [0.25, 0.3) is 5.65 Å². The Morgan fingerprint density at radius 2 is 1.90 bits per heavy atom. The molecule has 2 aromatic heterocycles. The van der Waals surface area contributed by atoms with E-state index in [2.05, 4.69) is 11.8 Å². The van der Waals surface area contributed by atoms with E-state index in [9.17, 15) is 4.79 Å². The number of carbonyl (C=O) groups is 1. The fraction of sp³-hybridized carbons (Fsp3) is 0.571. The highest BCUT2D eigenvalue weighted by Crippen LogP contribution is 2.32. The molecule has 2 fully saturated rings. The predicted octanol–water partition coefficient (Wildman–Crippen LogP) is 1.69. The standard InChI is InChI=1S/C21H32N8O/c1-14-13-29-18(24-20(14)27-9-6-7-10-27)12-16(25-29)17-8-4-5-11-28(17)21(30)19(22)15(2)26(3)23/h12-13,17H,4-11,22-23H2,1-3H3/b19-15-/t17-/m0/s1. The molecule has 2 aliphatic rings. The molecular weight excluding hydrogens is 380 g/mol. The van der Waals surface area contributed by atoms with Gasteiger partial charge < -0.3 is 20.5 Å². The van der Waals surface area contributed by atoms with Gasteiger partial charge in [0.05, 0.1) is 17.4 Å². The Labute approximate surface area is 177 Å². The van der Waals surface area contributed by atoms with Crippen LogP contribution in [0.1, 0.15) is 56.3 Å². The maximum atomic E-state index is 13.1. The van der Waals surface area contributed by atoms with Gasteiger partial charge in [-0.05, 0) is 46.0 Å². The lowest BCUT2D eigenvalue weighted by Crippen LogP contribution is -2.42. The van der Waals surface area contributed by atoms with Gasteiger partial charge >= 0.3 is 0 Å². The number of aromatic nitrogens is 3. The monoisotopic (exact) mass is 412 g/mol. The number of nitrogens with zero attached hydrogens (tertiary/aromatic N) is 6. The van der Waals surface area contributed by atoms with Crippen LogP contribution in [0.2, 0.25) is 0 Å². The van der Waals surface area contributed by atoms with Crippen molar-refractivity contribution < 1.29 is 4.79 Å². The minimum Gasteiger partial charge on any atom is -0.393 e. The smallest absolute Gasteiger partial charge is 0.272 e. The summed E-state index contributed by atoms with van der Waals surface area (Å²) in [5.74, 6) is 6.63. The number of anilines is 1. The number of hydrogen-bond donors (Lipinski definition) is 2. The molecule has 2 saturated heterocycles. The van der Waals surface area contributed by atoms with Crippen LogP contribution >= 0.6 is 0 Å². The molecule has 9 heteroatoms. The summed E-state index contributed by atoms with van der Waals surface area (Å²) in [6.07, 6.45) is 7.32. The molecule has 2 aliphatic heterocycles. The van der Waals surface area contributed by atoms with Crippen molar-refractivity contribution in [3.63, 3.8) is 0 Å². The molecule has 0 saturated carbocycles. The van der Waals surface area contributed by atoms with E-state index in [0.717, 1.165) is 55.1 Å². The maximum Gasteiger partial charge on any atom is 0.272 e. The summed E-state index contributed by atoms with van der Waals surface area (Å²) >= 11 is 0. The van der Waals surface area contributed by atoms with Crippen LogP contribution in [0.5, 0.6) is 0 Å². The van der Waals surface area contributed by atoms with E-state index >= 15 is 0 Å². The topological polar surface area (TPSA) is 109 Å². The molecule has 162 valence electrons. The van der Waals surface area contributed by atoms with Gasteiger partial charge in [0, 0.05) is 44.5 Å². The van der Waals surface area contributed by atoms with E-state index in [1.54, 1.807) is 14.0 Å². The minimum atomic E-state index is -0.187. The van der Waals surface area contributed by atoms with Gasteiger partial charge in [0.15, 0.2) is 5.65 Å². The fourth-order valence-corrected chi connectivity index (χ4v) is 4.41. The molecule has 4 N–H and O–H groups in total. The van der Waals surface area contributed by atoms with Gasteiger partial charge in [-0.25, -0.2) is 15.3 Å². The van der Waals surface area contributed by atoms with Crippen LogP contribution in [0, 0.1) is 6.92 Å². The summed E-state index contributed by atoms with van der Waals surface area (Å²) < 4.78 is 1.83. The average molecular weight is 413 g/mol. The number of piperidine rings is 1. The van der Waals surface area contributed by atoms with Crippen molar-refractivity contribution in [2.75, 3.05) is 31.6 Å². The van der Waals surface area contributed by atoms with E-state index in [4.69, 9.17) is 21.7 Å². The summed E-state index contributed by atoms with van der Waals surface area (Å²) in [6.45, 7) is 6.59. The third kappa shape index (κ3) is 3.69. The number of amides is 1. The summed E-state index contributed by atoms with van der Waals surface area (Å²) in [6, 6.07) is 1.90. The number of aryl methyl sites for hydroxylation is 1. The first-order chi connectivity index (χ1) is 14.4. The summed E-state index contributed by atoms with van der Waals surface area (Å²) in [5.41, 5.74) is 9.68. The second kappa shape index (κ2) is 8.14. The van der Waals surface area contributed by atoms with Crippen molar-refractivity contribution in [1.82, 2.24) is 24.5 Å². The van der Waals surface area contributed by atoms with E-state index in [1.807, 2.05) is 21.7 Å². The average Bonchev–Trinajstić information content (AvgIpc) is 3.41. The number of nitrogens with two attached hydrogens (primary N) is 2. The van der Waals surface area contributed by atoms with Crippen LogP contribution in [0.4, 0.5) is 5.82 Å². The number of fused-ring (bicyclic) bond motifs is 1. The molecule has 1 amide bonds. The second-order valence-corrected chi connectivity index (χ2v) is 8.43. The molecule has 1 atom stereocenters. The normalized spacial score (nSPS) is 20.6. The van der Waals surface area contributed by atoms with Crippen molar-refractivity contribution in [2.45, 2.75) is 52.0 Å². The van der Waals surface area contributed by atoms with E-state index in [-0.39, 0.29) is 17.6 Å². The summed E-state index contributed by atoms with van der Waals surface area (Å²) in [4.78, 5) is 22.2. The first-order valence-electron chi connectivity index (χ1n) is 10.7. The SMILES string of the molecule is C/C(=C(/N)C(=O)N1CCCC[C@H]1c1cc2nc(N3CCCC3)c(C)cn2n1)N(C)N. The lowest BCUT2D eigenvalue weighted by Gasteiger charge is -2.35. The first kappa shape index (κ1) is 20.5. The molecule has 0 bridgehead atoms. The summed E-state index contributed by atoms with van der Waals surface area (Å²) in [5, 5.41) is 6.17. The molecule has 0 spiro atoms. The molecule has 30 heavy (non-hydrogen) atoms. The molecule has 0 aliphatic carbocycles. The Hall–Kier alpha value is -2.81. The quantitative estimate of drug-likeness (QED) is 0.447. The highest BCUT2D eigenvalue weighted by molar-refractivity contribution is 5.93. The van der Waals surface area contributed by atoms with Gasteiger partial charge in [0.25, 0.3) is 5.91 Å². The second-order valence-electron chi connectivity index (χ2n) is 8.43. The predicted molar refractivity (Wildman–Crippen MR) is 116 cm³/mol. The van der Waals surface area contributed by atoms with Gasteiger partial charge in [-0.2, -0.15) is 5.10 Å². The van der Waals surface area contributed by atoms with Crippen LogP contribution in [0.3, 0.4) is 0 Å². The fourth-order valence-electron chi connectivity index (χ4n) is 4.41. The molecule has 4 rings (SSSR count). The molecule has 4 heterocycles. The lowest BCUT2D eigenvalue weighted by atomic mass is 9.99. The largest absolute Gasteiger partial charge is 0.393 e. The molecular formula is C21H32N8O. The molecule has 2 aromatic rings. The number of hydrogen-bond acceptors (Lipinski definition) is 7. The molecule has 9 nitrogen and oxygen atoms in total. The van der Waals surface area contributed by atoms with Crippen molar-refractivity contribution >= 4 is 17.4 Å². The molecule has 0 aromatic carbocycles.